The Morgan fingerprint density at radius 2 is 2.00 bits per heavy atom. The number of rotatable bonds is 4. The van der Waals surface area contributed by atoms with Crippen LogP contribution in [0.1, 0.15) is 31.1 Å². The van der Waals surface area contributed by atoms with Gasteiger partial charge in [0.2, 0.25) is 5.91 Å². The highest BCUT2D eigenvalue weighted by molar-refractivity contribution is 9.10. The van der Waals surface area contributed by atoms with Gasteiger partial charge >= 0.3 is 5.97 Å². The molecule has 104 valence electrons. The molecule has 0 saturated heterocycles. The summed E-state index contributed by atoms with van der Waals surface area (Å²) in [7, 11) is 0. The number of hydrogen-bond donors (Lipinski definition) is 2. The topological polar surface area (TPSA) is 66.4 Å². The Morgan fingerprint density at radius 3 is 2.53 bits per heavy atom. The van der Waals surface area contributed by atoms with Crippen molar-refractivity contribution in [2.75, 3.05) is 5.75 Å². The molecule has 0 aliphatic carbocycles. The Hall–Kier alpha value is -1.01. The van der Waals surface area contributed by atoms with Gasteiger partial charge in [-0.25, -0.2) is 4.79 Å². The van der Waals surface area contributed by atoms with Crippen LogP contribution < -0.4 is 5.32 Å². The molecule has 0 unspecified atom stereocenters. The molecule has 1 amide bonds. The van der Waals surface area contributed by atoms with Gasteiger partial charge in [0.1, 0.15) is 0 Å². The maximum atomic E-state index is 11.7. The molecule has 0 radical (unpaired) electrons. The van der Waals surface area contributed by atoms with Crippen molar-refractivity contribution in [3.8, 4) is 0 Å². The third-order valence-corrected chi connectivity index (χ3v) is 3.60. The number of benzene rings is 1. The van der Waals surface area contributed by atoms with E-state index in [-0.39, 0.29) is 22.8 Å². The van der Waals surface area contributed by atoms with Gasteiger partial charge in [-0.2, -0.15) is 0 Å². The lowest BCUT2D eigenvalue weighted by molar-refractivity contribution is -0.119. The highest BCUT2D eigenvalue weighted by atomic mass is 79.9. The lowest BCUT2D eigenvalue weighted by Crippen LogP contribution is -2.41. The van der Waals surface area contributed by atoms with Crippen LogP contribution in [0.2, 0.25) is 0 Å². The predicted octanol–water partition coefficient (Wildman–Crippen LogP) is 3.15. The van der Waals surface area contributed by atoms with Crippen LogP contribution in [0.5, 0.6) is 0 Å². The number of nitrogens with one attached hydrogen (secondary N) is 1. The molecule has 0 saturated carbocycles. The number of aromatic carboxylic acids is 1. The van der Waals surface area contributed by atoms with Gasteiger partial charge in [0.05, 0.1) is 11.3 Å². The normalized spacial score (nSPS) is 11.2. The molecule has 0 fully saturated rings. The van der Waals surface area contributed by atoms with E-state index in [9.17, 15) is 9.59 Å². The third kappa shape index (κ3) is 5.65. The van der Waals surface area contributed by atoms with Crippen molar-refractivity contribution in [3.05, 3.63) is 28.2 Å². The van der Waals surface area contributed by atoms with Gasteiger partial charge in [-0.3, -0.25) is 4.79 Å². The number of thioether (sulfide) groups is 1. The van der Waals surface area contributed by atoms with Crippen molar-refractivity contribution in [2.45, 2.75) is 31.2 Å². The fraction of sp³-hybridized carbons (Fsp3) is 0.385. The molecular formula is C13H16BrNO3S. The Labute approximate surface area is 125 Å². The van der Waals surface area contributed by atoms with E-state index in [1.807, 2.05) is 20.8 Å². The van der Waals surface area contributed by atoms with Crippen LogP contribution in [0, 0.1) is 0 Å². The average Bonchev–Trinajstić information content (AvgIpc) is 2.23. The lowest BCUT2D eigenvalue weighted by atomic mass is 10.1. The highest BCUT2D eigenvalue weighted by Crippen LogP contribution is 2.26. The summed E-state index contributed by atoms with van der Waals surface area (Å²) in [6.07, 6.45) is 0. The Morgan fingerprint density at radius 1 is 1.37 bits per heavy atom. The predicted molar refractivity (Wildman–Crippen MR) is 79.7 cm³/mol. The fourth-order valence-corrected chi connectivity index (χ4v) is 2.78. The first-order valence-electron chi connectivity index (χ1n) is 5.66. The lowest BCUT2D eigenvalue weighted by Gasteiger charge is -2.20. The highest BCUT2D eigenvalue weighted by Gasteiger charge is 2.16. The summed E-state index contributed by atoms with van der Waals surface area (Å²) in [5.74, 6) is -0.923. The minimum Gasteiger partial charge on any atom is -0.478 e. The number of carbonyl (C=O) groups excluding carboxylic acids is 1. The first-order valence-corrected chi connectivity index (χ1v) is 7.43. The Kier molecular flexibility index (Phi) is 5.43. The van der Waals surface area contributed by atoms with Crippen LogP contribution in [0.3, 0.4) is 0 Å². The summed E-state index contributed by atoms with van der Waals surface area (Å²) in [5, 5.41) is 11.9. The summed E-state index contributed by atoms with van der Waals surface area (Å²) in [6.45, 7) is 5.70. The fourth-order valence-electron chi connectivity index (χ4n) is 1.39. The van der Waals surface area contributed by atoms with E-state index >= 15 is 0 Å². The molecule has 19 heavy (non-hydrogen) atoms. The molecule has 1 aromatic carbocycles. The Bertz CT molecular complexity index is 497. The standard InChI is InChI=1S/C13H16BrNO3S/c1-13(2,3)15-11(16)7-19-10-6-8(14)4-5-9(10)12(17)18/h4-6H,7H2,1-3H3,(H,15,16)(H,17,18). The van der Waals surface area contributed by atoms with Gasteiger partial charge < -0.3 is 10.4 Å². The second-order valence-electron chi connectivity index (χ2n) is 5.03. The van der Waals surface area contributed by atoms with Crippen LogP contribution >= 0.6 is 27.7 Å². The molecule has 0 spiro atoms. The quantitative estimate of drug-likeness (QED) is 0.822. The van der Waals surface area contributed by atoms with Crippen molar-refractivity contribution in [1.82, 2.24) is 5.32 Å². The van der Waals surface area contributed by atoms with Gasteiger partial charge in [0.15, 0.2) is 0 Å². The SMILES string of the molecule is CC(C)(C)NC(=O)CSc1cc(Br)ccc1C(=O)O. The van der Waals surface area contributed by atoms with Gasteiger partial charge in [-0.1, -0.05) is 15.9 Å². The largest absolute Gasteiger partial charge is 0.478 e. The summed E-state index contributed by atoms with van der Waals surface area (Å²) >= 11 is 4.51. The zero-order valence-corrected chi connectivity index (χ0v) is 13.4. The summed E-state index contributed by atoms with van der Waals surface area (Å²) < 4.78 is 0.788. The monoisotopic (exact) mass is 345 g/mol. The molecule has 0 aliphatic heterocycles. The number of carboxylic acid groups (broad SMARTS) is 1. The van der Waals surface area contributed by atoms with E-state index < -0.39 is 5.97 Å². The van der Waals surface area contributed by atoms with Gasteiger partial charge in [0, 0.05) is 14.9 Å². The molecule has 4 nitrogen and oxygen atoms in total. The summed E-state index contributed by atoms with van der Waals surface area (Å²) in [6, 6.07) is 4.90. The van der Waals surface area contributed by atoms with Gasteiger partial charge in [-0.05, 0) is 39.0 Å². The van der Waals surface area contributed by atoms with Gasteiger partial charge in [0.25, 0.3) is 0 Å². The first kappa shape index (κ1) is 16.0. The second kappa shape index (κ2) is 6.43. The van der Waals surface area contributed by atoms with Crippen LogP contribution in [-0.2, 0) is 4.79 Å². The third-order valence-electron chi connectivity index (χ3n) is 2.05. The molecule has 2 N–H and O–H groups in total. The van der Waals surface area contributed by atoms with Crippen molar-refractivity contribution in [2.24, 2.45) is 0 Å². The van der Waals surface area contributed by atoms with Crippen molar-refractivity contribution >= 4 is 39.6 Å². The van der Waals surface area contributed by atoms with E-state index in [1.165, 1.54) is 17.8 Å². The number of amides is 1. The minimum atomic E-state index is -0.994. The average molecular weight is 346 g/mol. The number of carboxylic acids is 1. The van der Waals surface area contributed by atoms with E-state index in [4.69, 9.17) is 5.11 Å². The van der Waals surface area contributed by atoms with Crippen LogP contribution in [0.4, 0.5) is 0 Å². The summed E-state index contributed by atoms with van der Waals surface area (Å²) in [4.78, 5) is 23.4. The van der Waals surface area contributed by atoms with Crippen LogP contribution in [-0.4, -0.2) is 28.3 Å². The van der Waals surface area contributed by atoms with E-state index in [0.29, 0.717) is 4.90 Å². The second-order valence-corrected chi connectivity index (χ2v) is 6.97. The number of halogens is 1. The van der Waals surface area contributed by atoms with Gasteiger partial charge in [-0.15, -0.1) is 11.8 Å². The minimum absolute atomic E-state index is 0.117. The van der Waals surface area contributed by atoms with Crippen LogP contribution in [0.25, 0.3) is 0 Å². The van der Waals surface area contributed by atoms with E-state index in [0.717, 1.165) is 4.47 Å². The summed E-state index contributed by atoms with van der Waals surface area (Å²) in [5.41, 5.74) is -0.0818. The van der Waals surface area contributed by atoms with Crippen molar-refractivity contribution in [1.29, 1.82) is 0 Å². The first-order chi connectivity index (χ1) is 8.69. The molecule has 0 atom stereocenters. The van der Waals surface area contributed by atoms with E-state index in [1.54, 1.807) is 12.1 Å². The molecule has 1 rings (SSSR count). The maximum absolute atomic E-state index is 11.7. The molecule has 6 heteroatoms. The molecule has 1 aromatic rings. The molecule has 0 aliphatic rings. The smallest absolute Gasteiger partial charge is 0.336 e. The zero-order valence-electron chi connectivity index (χ0n) is 11.0. The number of hydrogen-bond acceptors (Lipinski definition) is 3. The van der Waals surface area contributed by atoms with Crippen molar-refractivity contribution in [3.63, 3.8) is 0 Å². The number of carbonyl (C=O) groups is 2. The maximum Gasteiger partial charge on any atom is 0.336 e. The molecule has 0 bridgehead atoms. The molecular weight excluding hydrogens is 330 g/mol. The zero-order chi connectivity index (χ0) is 14.6. The Balaban J connectivity index is 2.75. The van der Waals surface area contributed by atoms with Crippen LogP contribution in [0.15, 0.2) is 27.6 Å². The molecule has 0 aromatic heterocycles. The van der Waals surface area contributed by atoms with E-state index in [2.05, 4.69) is 21.2 Å². The molecule has 0 heterocycles. The van der Waals surface area contributed by atoms with Crippen molar-refractivity contribution < 1.29 is 14.7 Å².